The number of nitrogens with one attached hydrogen (secondary N) is 1. The molecule has 0 aliphatic heterocycles. The monoisotopic (exact) mass is 422 g/mol. The maximum absolute atomic E-state index is 13.0. The van der Waals surface area contributed by atoms with E-state index in [0.717, 1.165) is 21.7 Å². The normalized spacial score (nSPS) is 13.6. The first-order valence-corrected chi connectivity index (χ1v) is 11.4. The highest BCUT2D eigenvalue weighted by molar-refractivity contribution is 7.92. The molecule has 0 heterocycles. The van der Waals surface area contributed by atoms with E-state index in [9.17, 15) is 13.2 Å². The SMILES string of the molecule is CC[C@H](C(=O)N[C@H](C)c1ccc(C)c(C)c1)N(c1cccc(Cl)c1)S(C)(=O)=O. The number of hydrogen-bond acceptors (Lipinski definition) is 3. The first-order chi connectivity index (χ1) is 13.0. The fourth-order valence-electron chi connectivity index (χ4n) is 3.10. The van der Waals surface area contributed by atoms with Gasteiger partial charge in [-0.2, -0.15) is 0 Å². The third kappa shape index (κ3) is 5.26. The predicted octanol–water partition coefficient (Wildman–Crippen LogP) is 4.38. The molecule has 2 rings (SSSR count). The van der Waals surface area contributed by atoms with Crippen LogP contribution in [0.5, 0.6) is 0 Å². The minimum absolute atomic E-state index is 0.248. The van der Waals surface area contributed by atoms with Gasteiger partial charge in [-0.1, -0.05) is 42.8 Å². The van der Waals surface area contributed by atoms with Crippen molar-refractivity contribution in [1.82, 2.24) is 5.32 Å². The number of benzene rings is 2. The first kappa shape index (κ1) is 22.2. The lowest BCUT2D eigenvalue weighted by molar-refractivity contribution is -0.122. The Hall–Kier alpha value is -2.05. The van der Waals surface area contributed by atoms with Gasteiger partial charge in [-0.3, -0.25) is 9.10 Å². The fraction of sp³-hybridized carbons (Fsp3) is 0.381. The highest BCUT2D eigenvalue weighted by atomic mass is 35.5. The van der Waals surface area contributed by atoms with E-state index in [-0.39, 0.29) is 11.9 Å². The molecule has 0 saturated heterocycles. The van der Waals surface area contributed by atoms with Gasteiger partial charge in [-0.15, -0.1) is 0 Å². The molecule has 2 aromatic rings. The van der Waals surface area contributed by atoms with E-state index in [1.165, 1.54) is 5.56 Å². The van der Waals surface area contributed by atoms with Crippen LogP contribution in [0.25, 0.3) is 0 Å². The van der Waals surface area contributed by atoms with Crippen molar-refractivity contribution in [3.05, 3.63) is 64.2 Å². The molecule has 1 amide bonds. The average molecular weight is 423 g/mol. The van der Waals surface area contributed by atoms with E-state index in [2.05, 4.69) is 5.32 Å². The van der Waals surface area contributed by atoms with E-state index in [1.54, 1.807) is 31.2 Å². The molecule has 1 N–H and O–H groups in total. The summed E-state index contributed by atoms with van der Waals surface area (Å²) in [5.41, 5.74) is 3.66. The van der Waals surface area contributed by atoms with Gasteiger partial charge in [-0.05, 0) is 62.1 Å². The van der Waals surface area contributed by atoms with Crippen LogP contribution in [0.2, 0.25) is 5.02 Å². The zero-order valence-electron chi connectivity index (χ0n) is 16.9. The van der Waals surface area contributed by atoms with E-state index in [1.807, 2.05) is 39.0 Å². The molecule has 2 aromatic carbocycles. The molecule has 152 valence electrons. The molecule has 0 unspecified atom stereocenters. The van der Waals surface area contributed by atoms with Gasteiger partial charge >= 0.3 is 0 Å². The third-order valence-electron chi connectivity index (χ3n) is 4.78. The summed E-state index contributed by atoms with van der Waals surface area (Å²) in [5.74, 6) is -0.348. The highest BCUT2D eigenvalue weighted by Crippen LogP contribution is 2.26. The summed E-state index contributed by atoms with van der Waals surface area (Å²) in [6, 6.07) is 11.4. The number of amides is 1. The first-order valence-electron chi connectivity index (χ1n) is 9.17. The Bertz CT molecular complexity index is 960. The van der Waals surface area contributed by atoms with Crippen molar-refractivity contribution >= 4 is 33.2 Å². The van der Waals surface area contributed by atoms with Gasteiger partial charge in [-0.25, -0.2) is 8.42 Å². The van der Waals surface area contributed by atoms with Crippen molar-refractivity contribution in [2.75, 3.05) is 10.6 Å². The molecule has 0 aromatic heterocycles. The molecule has 5 nitrogen and oxygen atoms in total. The third-order valence-corrected chi connectivity index (χ3v) is 6.20. The van der Waals surface area contributed by atoms with Crippen LogP contribution in [0.4, 0.5) is 5.69 Å². The molecule has 0 spiro atoms. The van der Waals surface area contributed by atoms with Crippen LogP contribution in [0.1, 0.15) is 43.0 Å². The standard InChI is InChI=1S/C21H27ClN2O3S/c1-6-20(24(28(5,26)27)19-9-7-8-18(22)13-19)21(25)23-16(4)17-11-10-14(2)15(3)12-17/h7-13,16,20H,6H2,1-5H3,(H,23,25)/t16-,20-/m1/s1. The number of sulfonamides is 1. The molecule has 0 radical (unpaired) electrons. The smallest absolute Gasteiger partial charge is 0.244 e. The minimum atomic E-state index is -3.69. The number of aryl methyl sites for hydroxylation is 2. The maximum atomic E-state index is 13.0. The molecular formula is C21H27ClN2O3S. The second-order valence-electron chi connectivity index (χ2n) is 7.04. The van der Waals surface area contributed by atoms with Crippen molar-refractivity contribution < 1.29 is 13.2 Å². The van der Waals surface area contributed by atoms with Crippen LogP contribution in [0.3, 0.4) is 0 Å². The average Bonchev–Trinajstić information content (AvgIpc) is 2.60. The summed E-state index contributed by atoms with van der Waals surface area (Å²) in [5, 5.41) is 3.36. The van der Waals surface area contributed by atoms with Crippen LogP contribution in [0, 0.1) is 13.8 Å². The number of carbonyl (C=O) groups excluding carboxylic acids is 1. The van der Waals surface area contributed by atoms with Crippen LogP contribution in [-0.2, 0) is 14.8 Å². The van der Waals surface area contributed by atoms with Gasteiger partial charge in [0.15, 0.2) is 0 Å². The molecule has 0 saturated carbocycles. The van der Waals surface area contributed by atoms with Crippen molar-refractivity contribution in [2.24, 2.45) is 0 Å². The number of hydrogen-bond donors (Lipinski definition) is 1. The zero-order valence-corrected chi connectivity index (χ0v) is 18.4. The fourth-order valence-corrected chi connectivity index (χ4v) is 4.49. The topological polar surface area (TPSA) is 66.5 Å². The Morgan fingerprint density at radius 2 is 1.82 bits per heavy atom. The lowest BCUT2D eigenvalue weighted by atomic mass is 10.0. The van der Waals surface area contributed by atoms with Crippen molar-refractivity contribution in [2.45, 2.75) is 46.2 Å². The number of rotatable bonds is 7. The van der Waals surface area contributed by atoms with Crippen LogP contribution >= 0.6 is 11.6 Å². The Morgan fingerprint density at radius 1 is 1.14 bits per heavy atom. The van der Waals surface area contributed by atoms with E-state index in [0.29, 0.717) is 17.1 Å². The highest BCUT2D eigenvalue weighted by Gasteiger charge is 2.32. The molecular weight excluding hydrogens is 396 g/mol. The Balaban J connectivity index is 2.32. The van der Waals surface area contributed by atoms with E-state index < -0.39 is 16.1 Å². The van der Waals surface area contributed by atoms with Gasteiger partial charge in [0, 0.05) is 5.02 Å². The van der Waals surface area contributed by atoms with E-state index >= 15 is 0 Å². The second kappa shape index (κ2) is 8.97. The quantitative estimate of drug-likeness (QED) is 0.720. The van der Waals surface area contributed by atoms with E-state index in [4.69, 9.17) is 11.6 Å². The van der Waals surface area contributed by atoms with Crippen molar-refractivity contribution in [1.29, 1.82) is 0 Å². The van der Waals surface area contributed by atoms with Gasteiger partial charge in [0.1, 0.15) is 6.04 Å². The Morgan fingerprint density at radius 3 is 2.36 bits per heavy atom. The lowest BCUT2D eigenvalue weighted by Gasteiger charge is -2.31. The molecule has 2 atom stereocenters. The predicted molar refractivity (Wildman–Crippen MR) is 115 cm³/mol. The van der Waals surface area contributed by atoms with Crippen LogP contribution in [-0.4, -0.2) is 26.6 Å². The summed E-state index contributed by atoms with van der Waals surface area (Å²) >= 11 is 6.04. The molecule has 28 heavy (non-hydrogen) atoms. The number of carbonyl (C=O) groups is 1. The van der Waals surface area contributed by atoms with Gasteiger partial charge in [0.05, 0.1) is 18.0 Å². The molecule has 7 heteroatoms. The number of anilines is 1. The van der Waals surface area contributed by atoms with Gasteiger partial charge in [0.25, 0.3) is 0 Å². The minimum Gasteiger partial charge on any atom is -0.348 e. The summed E-state index contributed by atoms with van der Waals surface area (Å²) in [7, 11) is -3.69. The van der Waals surface area contributed by atoms with Gasteiger partial charge < -0.3 is 5.32 Å². The molecule has 0 aliphatic carbocycles. The van der Waals surface area contributed by atoms with Gasteiger partial charge in [0.2, 0.25) is 15.9 Å². The molecule has 0 bridgehead atoms. The van der Waals surface area contributed by atoms with Crippen LogP contribution < -0.4 is 9.62 Å². The zero-order chi connectivity index (χ0) is 21.1. The largest absolute Gasteiger partial charge is 0.348 e. The maximum Gasteiger partial charge on any atom is 0.244 e. The molecule has 0 aliphatic rings. The molecule has 0 fully saturated rings. The summed E-state index contributed by atoms with van der Waals surface area (Å²) in [6.07, 6.45) is 1.42. The Kier molecular flexibility index (Phi) is 7.12. The van der Waals surface area contributed by atoms with Crippen molar-refractivity contribution in [3.63, 3.8) is 0 Å². The lowest BCUT2D eigenvalue weighted by Crippen LogP contribution is -2.49. The second-order valence-corrected chi connectivity index (χ2v) is 9.33. The van der Waals surface area contributed by atoms with Crippen molar-refractivity contribution in [3.8, 4) is 0 Å². The Labute approximate surface area is 172 Å². The summed E-state index contributed by atoms with van der Waals surface area (Å²) < 4.78 is 26.1. The number of nitrogens with zero attached hydrogens (tertiary/aromatic N) is 1. The summed E-state index contributed by atoms with van der Waals surface area (Å²) in [4.78, 5) is 13.0. The summed E-state index contributed by atoms with van der Waals surface area (Å²) in [6.45, 7) is 7.73. The van der Waals surface area contributed by atoms with Crippen LogP contribution in [0.15, 0.2) is 42.5 Å². The number of halogens is 1.